The Balaban J connectivity index is 2.32. The smallest absolute Gasteiger partial charge is 0.471 e. The molecule has 0 aliphatic heterocycles. The van der Waals surface area contributed by atoms with E-state index in [4.69, 9.17) is 23.7 Å². The van der Waals surface area contributed by atoms with Gasteiger partial charge in [0.1, 0.15) is 0 Å². The molecule has 10 heteroatoms. The van der Waals surface area contributed by atoms with Crippen LogP contribution in [-0.4, -0.2) is 59.1 Å². The van der Waals surface area contributed by atoms with Crippen LogP contribution in [-0.2, 0) is 17.8 Å². The quantitative estimate of drug-likeness (QED) is 0.540. The Kier molecular flexibility index (Phi) is 8.45. The number of carbonyl (C=O) groups excluding carboxylic acids is 1. The van der Waals surface area contributed by atoms with Gasteiger partial charge in [-0.15, -0.1) is 0 Å². The number of carbonyl (C=O) groups is 1. The number of alkyl halides is 3. The van der Waals surface area contributed by atoms with Gasteiger partial charge in [0.05, 0.1) is 35.5 Å². The number of halogens is 3. The predicted molar refractivity (Wildman–Crippen MR) is 111 cm³/mol. The number of ether oxygens (including phenoxy) is 5. The summed E-state index contributed by atoms with van der Waals surface area (Å²) in [6.45, 7) is -0.479. The van der Waals surface area contributed by atoms with E-state index in [0.29, 0.717) is 28.4 Å². The van der Waals surface area contributed by atoms with Crippen molar-refractivity contribution in [2.24, 2.45) is 0 Å². The molecule has 0 aliphatic carbocycles. The minimum absolute atomic E-state index is 0.173. The van der Waals surface area contributed by atoms with E-state index in [1.807, 2.05) is 0 Å². The monoisotopic (exact) mass is 457 g/mol. The van der Waals surface area contributed by atoms with Gasteiger partial charge in [-0.2, -0.15) is 13.2 Å². The third-order valence-corrected chi connectivity index (χ3v) is 4.75. The summed E-state index contributed by atoms with van der Waals surface area (Å²) in [6, 6.07) is 8.04. The summed E-state index contributed by atoms with van der Waals surface area (Å²) in [7, 11) is 7.17. The van der Waals surface area contributed by atoms with Gasteiger partial charge in [-0.3, -0.25) is 4.79 Å². The van der Waals surface area contributed by atoms with Crippen LogP contribution in [0, 0.1) is 0 Å². The van der Waals surface area contributed by atoms with Gasteiger partial charge in [-0.25, -0.2) is 0 Å². The van der Waals surface area contributed by atoms with E-state index in [9.17, 15) is 18.0 Å². The lowest BCUT2D eigenvalue weighted by molar-refractivity contribution is -0.186. The van der Waals surface area contributed by atoms with Gasteiger partial charge in [0.25, 0.3) is 0 Å². The van der Waals surface area contributed by atoms with Crippen molar-refractivity contribution in [2.45, 2.75) is 19.1 Å². The Morgan fingerprint density at radius 3 is 1.78 bits per heavy atom. The fraction of sp³-hybridized carbons (Fsp3) is 0.409. The molecule has 176 valence electrons. The normalized spacial score (nSPS) is 11.0. The van der Waals surface area contributed by atoms with E-state index in [1.54, 1.807) is 18.2 Å². The van der Waals surface area contributed by atoms with Crippen molar-refractivity contribution in [1.82, 2.24) is 4.90 Å². The lowest BCUT2D eigenvalue weighted by Crippen LogP contribution is -2.41. The van der Waals surface area contributed by atoms with E-state index in [2.05, 4.69) is 0 Å². The standard InChI is InChI=1S/C22H26F3NO6/c1-28-16-7-6-14(10-17(16)29-2)8-9-26(21(27)22(23,24)25)13-15-11-18(30-3)20(32-5)19(12-15)31-4/h6-7,10-12H,8-9,13H2,1-5H3. The highest BCUT2D eigenvalue weighted by Crippen LogP contribution is 2.38. The maximum absolute atomic E-state index is 13.3. The SMILES string of the molecule is COc1ccc(CCN(Cc2cc(OC)c(OC)c(OC)c2)C(=O)C(F)(F)F)cc1OC. The van der Waals surface area contributed by atoms with Crippen LogP contribution in [0.4, 0.5) is 13.2 Å². The van der Waals surface area contributed by atoms with Gasteiger partial charge < -0.3 is 28.6 Å². The number of amides is 1. The highest BCUT2D eigenvalue weighted by Gasteiger charge is 2.42. The van der Waals surface area contributed by atoms with Crippen LogP contribution in [0.3, 0.4) is 0 Å². The number of benzene rings is 2. The van der Waals surface area contributed by atoms with Crippen molar-refractivity contribution in [3.8, 4) is 28.7 Å². The zero-order valence-corrected chi connectivity index (χ0v) is 18.5. The minimum Gasteiger partial charge on any atom is -0.493 e. The second-order valence-corrected chi connectivity index (χ2v) is 6.70. The first-order valence-corrected chi connectivity index (χ1v) is 9.54. The number of hydrogen-bond donors (Lipinski definition) is 0. The number of methoxy groups -OCH3 is 5. The first-order valence-electron chi connectivity index (χ1n) is 9.54. The zero-order valence-electron chi connectivity index (χ0n) is 18.5. The molecule has 0 spiro atoms. The first kappa shape index (κ1) is 25.0. The lowest BCUT2D eigenvalue weighted by atomic mass is 10.1. The van der Waals surface area contributed by atoms with Crippen LogP contribution >= 0.6 is 0 Å². The molecule has 2 aromatic carbocycles. The Hall–Kier alpha value is -3.30. The summed E-state index contributed by atoms with van der Waals surface area (Å²) in [5.41, 5.74) is 1.08. The molecule has 0 radical (unpaired) electrons. The van der Waals surface area contributed by atoms with Crippen molar-refractivity contribution >= 4 is 5.91 Å². The van der Waals surface area contributed by atoms with Gasteiger partial charge in [-0.05, 0) is 41.8 Å². The van der Waals surface area contributed by atoms with Crippen LogP contribution in [0.1, 0.15) is 11.1 Å². The van der Waals surface area contributed by atoms with E-state index >= 15 is 0 Å². The van der Waals surface area contributed by atoms with Crippen molar-refractivity contribution in [2.75, 3.05) is 42.1 Å². The van der Waals surface area contributed by atoms with Gasteiger partial charge in [0.2, 0.25) is 5.75 Å². The van der Waals surface area contributed by atoms with Crippen LogP contribution < -0.4 is 23.7 Å². The van der Waals surface area contributed by atoms with Crippen molar-refractivity contribution in [3.63, 3.8) is 0 Å². The molecule has 0 aromatic heterocycles. The second kappa shape index (κ2) is 10.8. The molecule has 0 aliphatic rings. The molecule has 0 saturated carbocycles. The Bertz CT molecular complexity index is 907. The number of rotatable bonds is 10. The highest BCUT2D eigenvalue weighted by atomic mass is 19.4. The molecular weight excluding hydrogens is 431 g/mol. The van der Waals surface area contributed by atoms with Crippen molar-refractivity contribution < 1.29 is 41.7 Å². The molecule has 0 fully saturated rings. The fourth-order valence-corrected chi connectivity index (χ4v) is 3.18. The van der Waals surface area contributed by atoms with Crippen LogP contribution in [0.2, 0.25) is 0 Å². The van der Waals surface area contributed by atoms with Crippen LogP contribution in [0.5, 0.6) is 28.7 Å². The van der Waals surface area contributed by atoms with Crippen molar-refractivity contribution in [1.29, 1.82) is 0 Å². The number of nitrogens with zero attached hydrogens (tertiary/aromatic N) is 1. The average molecular weight is 457 g/mol. The maximum atomic E-state index is 13.3. The van der Waals surface area contributed by atoms with E-state index < -0.39 is 12.1 Å². The van der Waals surface area contributed by atoms with Crippen LogP contribution in [0.15, 0.2) is 30.3 Å². The molecule has 0 bridgehead atoms. The molecular formula is C22H26F3NO6. The Morgan fingerprint density at radius 2 is 1.31 bits per heavy atom. The maximum Gasteiger partial charge on any atom is 0.471 e. The second-order valence-electron chi connectivity index (χ2n) is 6.70. The zero-order chi connectivity index (χ0) is 23.9. The third-order valence-electron chi connectivity index (χ3n) is 4.75. The predicted octanol–water partition coefficient (Wildman–Crippen LogP) is 3.86. The van der Waals surface area contributed by atoms with Gasteiger partial charge in [0.15, 0.2) is 23.0 Å². The topological polar surface area (TPSA) is 66.5 Å². The molecule has 2 aromatic rings. The summed E-state index contributed by atoms with van der Waals surface area (Å²) in [4.78, 5) is 12.8. The summed E-state index contributed by atoms with van der Waals surface area (Å²) in [5.74, 6) is -0.132. The minimum atomic E-state index is -5.02. The van der Waals surface area contributed by atoms with Crippen molar-refractivity contribution in [3.05, 3.63) is 41.5 Å². The van der Waals surface area contributed by atoms with E-state index in [1.165, 1.54) is 47.7 Å². The average Bonchev–Trinajstić information content (AvgIpc) is 2.79. The molecule has 7 nitrogen and oxygen atoms in total. The lowest BCUT2D eigenvalue weighted by Gasteiger charge is -2.25. The fourth-order valence-electron chi connectivity index (χ4n) is 3.18. The molecule has 0 unspecified atom stereocenters. The van der Waals surface area contributed by atoms with Gasteiger partial charge in [-0.1, -0.05) is 6.07 Å². The molecule has 2 rings (SSSR count). The molecule has 0 heterocycles. The molecule has 32 heavy (non-hydrogen) atoms. The first-order chi connectivity index (χ1) is 15.2. The Morgan fingerprint density at radius 1 is 0.781 bits per heavy atom. The van der Waals surface area contributed by atoms with Gasteiger partial charge in [0, 0.05) is 13.1 Å². The largest absolute Gasteiger partial charge is 0.493 e. The highest BCUT2D eigenvalue weighted by molar-refractivity contribution is 5.82. The van der Waals surface area contributed by atoms with E-state index in [0.717, 1.165) is 4.90 Å². The summed E-state index contributed by atoms with van der Waals surface area (Å²) in [6.07, 6.45) is -4.84. The molecule has 0 saturated heterocycles. The molecule has 0 atom stereocenters. The summed E-state index contributed by atoms with van der Waals surface area (Å²) in [5, 5.41) is 0. The number of hydrogen-bond acceptors (Lipinski definition) is 6. The van der Waals surface area contributed by atoms with Gasteiger partial charge >= 0.3 is 12.1 Å². The summed E-state index contributed by atoms with van der Waals surface area (Å²) < 4.78 is 65.9. The van der Waals surface area contributed by atoms with E-state index in [-0.39, 0.29) is 31.0 Å². The molecule has 0 N–H and O–H groups in total. The summed E-state index contributed by atoms with van der Waals surface area (Å²) >= 11 is 0. The third kappa shape index (κ3) is 5.89. The molecule has 1 amide bonds. The Labute approximate surface area is 184 Å². The van der Waals surface area contributed by atoms with Crippen LogP contribution in [0.25, 0.3) is 0 Å².